The minimum Gasteiger partial charge on any atom is -0.480 e. The van der Waals surface area contributed by atoms with Crippen LogP contribution in [0.4, 0.5) is 0 Å². The van der Waals surface area contributed by atoms with Crippen molar-refractivity contribution in [1.82, 2.24) is 20.9 Å². The Morgan fingerprint density at radius 2 is 1.33 bits per heavy atom. The van der Waals surface area contributed by atoms with Crippen LogP contribution in [0.25, 0.3) is 0 Å². The van der Waals surface area contributed by atoms with Gasteiger partial charge >= 0.3 is 29.4 Å². The van der Waals surface area contributed by atoms with Gasteiger partial charge in [0.2, 0.25) is 23.6 Å². The molecule has 0 bridgehead atoms. The number of nitrogens with one attached hydrogen (secondary N) is 3. The Bertz CT molecular complexity index is 1150. The number of carbonyl (C=O) groups excluding carboxylic acids is 4. The molecule has 242 valence electrons. The number of carboxylic acids is 1. The Kier molecular flexibility index (Phi) is 14.3. The SMILES string of the molecule is N[C@@H](COP(=O)(O)O)C(=O)N[C@@H](COP(=O)(O)O)C(=O)N1CCC[C@H]1C(=O)NCC(=O)N[C@@H](COP(=O)(O)O)C(=O)O. The van der Waals surface area contributed by atoms with Crippen LogP contribution in [-0.4, -0.2) is 126 Å². The van der Waals surface area contributed by atoms with Crippen LogP contribution < -0.4 is 21.7 Å². The van der Waals surface area contributed by atoms with Crippen molar-refractivity contribution in [3.8, 4) is 0 Å². The summed E-state index contributed by atoms with van der Waals surface area (Å²) >= 11 is 0. The van der Waals surface area contributed by atoms with Gasteiger partial charge in [-0.1, -0.05) is 0 Å². The Morgan fingerprint density at radius 3 is 1.83 bits per heavy atom. The third-order valence-electron chi connectivity index (χ3n) is 5.09. The van der Waals surface area contributed by atoms with Crippen molar-refractivity contribution >= 4 is 53.1 Å². The van der Waals surface area contributed by atoms with Crippen LogP contribution in [0.2, 0.25) is 0 Å². The number of phosphoric acid groups is 3. The van der Waals surface area contributed by atoms with E-state index >= 15 is 0 Å². The molecular formula is C16H30N5O18P3. The standard InChI is InChI=1S/C16H30N5O18P3/c17-8(5-37-40(28,29)30)13(23)20-9(6-38-41(31,32)33)15(25)21-3-1-2-11(21)14(24)18-4-12(22)19-10(16(26)27)7-39-42(34,35)36/h8-11H,1-7,17H2,(H,18,24)(H,19,22)(H,20,23)(H,26,27)(H2,28,29,30)(H2,31,32,33)(H2,34,35,36)/t8-,9-,10-,11-/m0/s1. The molecule has 1 aliphatic heterocycles. The molecule has 0 aromatic heterocycles. The van der Waals surface area contributed by atoms with Crippen LogP contribution in [0.1, 0.15) is 12.8 Å². The van der Waals surface area contributed by atoms with Gasteiger partial charge in [0.05, 0.1) is 26.4 Å². The van der Waals surface area contributed by atoms with Crippen molar-refractivity contribution in [3.05, 3.63) is 0 Å². The van der Waals surface area contributed by atoms with Crippen LogP contribution >= 0.6 is 23.5 Å². The smallest absolute Gasteiger partial charge is 0.469 e. The molecule has 42 heavy (non-hydrogen) atoms. The zero-order valence-corrected chi connectivity index (χ0v) is 23.9. The van der Waals surface area contributed by atoms with E-state index in [1.807, 2.05) is 10.6 Å². The lowest BCUT2D eigenvalue weighted by Gasteiger charge is -2.29. The van der Waals surface area contributed by atoms with Crippen LogP contribution in [0.15, 0.2) is 0 Å². The fourth-order valence-electron chi connectivity index (χ4n) is 3.26. The average Bonchev–Trinajstić information content (AvgIpc) is 3.33. The number of phosphoric ester groups is 3. The number of carbonyl (C=O) groups is 5. The van der Waals surface area contributed by atoms with E-state index in [4.69, 9.17) is 40.2 Å². The summed E-state index contributed by atoms with van der Waals surface area (Å²) in [6.45, 7) is -4.21. The van der Waals surface area contributed by atoms with Crippen molar-refractivity contribution in [1.29, 1.82) is 0 Å². The van der Waals surface area contributed by atoms with Crippen LogP contribution in [0.5, 0.6) is 0 Å². The van der Waals surface area contributed by atoms with Gasteiger partial charge in [-0.3, -0.25) is 32.7 Å². The third-order valence-corrected chi connectivity index (χ3v) is 6.54. The molecule has 0 saturated carbocycles. The van der Waals surface area contributed by atoms with Crippen LogP contribution in [0, 0.1) is 0 Å². The first-order valence-electron chi connectivity index (χ1n) is 11.4. The highest BCUT2D eigenvalue weighted by molar-refractivity contribution is 7.46. The number of likely N-dealkylation sites (tertiary alicyclic amines) is 1. The Hall–Kier alpha value is -2.36. The minimum atomic E-state index is -5.18. The Morgan fingerprint density at radius 1 is 0.833 bits per heavy atom. The molecule has 12 N–H and O–H groups in total. The van der Waals surface area contributed by atoms with Crippen molar-refractivity contribution in [2.24, 2.45) is 5.73 Å². The van der Waals surface area contributed by atoms with Crippen molar-refractivity contribution in [3.63, 3.8) is 0 Å². The quantitative estimate of drug-likeness (QED) is 0.0642. The summed E-state index contributed by atoms with van der Waals surface area (Å²) in [5.41, 5.74) is 5.46. The minimum absolute atomic E-state index is 0.0166. The van der Waals surface area contributed by atoms with Crippen molar-refractivity contribution in [2.75, 3.05) is 32.9 Å². The zero-order valence-electron chi connectivity index (χ0n) is 21.2. The van der Waals surface area contributed by atoms with Gasteiger partial charge in [-0.2, -0.15) is 0 Å². The van der Waals surface area contributed by atoms with Crippen LogP contribution in [-0.2, 0) is 51.2 Å². The number of nitrogens with zero attached hydrogens (tertiary/aromatic N) is 1. The number of amides is 4. The lowest BCUT2D eigenvalue weighted by Crippen LogP contribution is -2.58. The first-order chi connectivity index (χ1) is 19.1. The van der Waals surface area contributed by atoms with E-state index in [2.05, 4.69) is 18.9 Å². The van der Waals surface area contributed by atoms with E-state index in [-0.39, 0.29) is 19.4 Å². The number of aliphatic carboxylic acids is 1. The molecule has 4 atom stereocenters. The number of carboxylic acid groups (broad SMARTS) is 1. The molecule has 1 aliphatic rings. The second-order valence-electron chi connectivity index (χ2n) is 8.39. The van der Waals surface area contributed by atoms with E-state index < -0.39 is 104 Å². The number of hydrogen-bond donors (Lipinski definition) is 11. The van der Waals surface area contributed by atoms with Gasteiger partial charge in [-0.05, 0) is 12.8 Å². The molecule has 0 spiro atoms. The summed E-state index contributed by atoms with van der Waals surface area (Å²) in [4.78, 5) is 115. The molecule has 0 unspecified atom stereocenters. The molecule has 0 radical (unpaired) electrons. The molecule has 1 heterocycles. The van der Waals surface area contributed by atoms with E-state index in [9.17, 15) is 37.7 Å². The molecular weight excluding hydrogens is 643 g/mol. The second-order valence-corrected chi connectivity index (χ2v) is 12.1. The molecule has 0 aromatic carbocycles. The number of rotatable bonds is 17. The molecule has 0 aliphatic carbocycles. The Balaban J connectivity index is 2.90. The van der Waals surface area contributed by atoms with Gasteiger partial charge < -0.3 is 61.1 Å². The summed E-state index contributed by atoms with van der Waals surface area (Å²) in [6.07, 6.45) is 0.231. The van der Waals surface area contributed by atoms with Gasteiger partial charge in [-0.25, -0.2) is 18.5 Å². The average molecular weight is 673 g/mol. The van der Waals surface area contributed by atoms with Gasteiger partial charge in [0.25, 0.3) is 0 Å². The van der Waals surface area contributed by atoms with Gasteiger partial charge in [0.15, 0.2) is 6.04 Å². The van der Waals surface area contributed by atoms with Crippen LogP contribution in [0.3, 0.4) is 0 Å². The summed E-state index contributed by atoms with van der Waals surface area (Å²) in [6, 6.07) is -6.82. The Labute approximate surface area is 235 Å². The maximum atomic E-state index is 13.1. The molecule has 0 aromatic rings. The van der Waals surface area contributed by atoms with Gasteiger partial charge in [0, 0.05) is 6.54 Å². The predicted octanol–water partition coefficient (Wildman–Crippen LogP) is -5.20. The highest BCUT2D eigenvalue weighted by Gasteiger charge is 2.39. The van der Waals surface area contributed by atoms with Gasteiger partial charge in [0.1, 0.15) is 18.1 Å². The largest absolute Gasteiger partial charge is 0.480 e. The molecule has 1 saturated heterocycles. The number of nitrogens with two attached hydrogens (primary N) is 1. The lowest BCUT2D eigenvalue weighted by atomic mass is 10.1. The summed E-state index contributed by atoms with van der Waals surface area (Å²) in [5.74, 6) is -6.12. The first kappa shape index (κ1) is 37.7. The predicted molar refractivity (Wildman–Crippen MR) is 131 cm³/mol. The summed E-state index contributed by atoms with van der Waals surface area (Å²) in [5, 5.41) is 15.0. The van der Waals surface area contributed by atoms with Crippen molar-refractivity contribution in [2.45, 2.75) is 37.0 Å². The second kappa shape index (κ2) is 15.9. The fourth-order valence-corrected chi connectivity index (χ4v) is 4.30. The monoisotopic (exact) mass is 673 g/mol. The molecule has 1 fully saturated rings. The summed E-state index contributed by atoms with van der Waals surface area (Å²) < 4.78 is 45.1. The summed E-state index contributed by atoms with van der Waals surface area (Å²) in [7, 11) is -15.3. The third kappa shape index (κ3) is 14.7. The maximum absolute atomic E-state index is 13.1. The van der Waals surface area contributed by atoms with Crippen molar-refractivity contribution < 1.29 is 85.7 Å². The maximum Gasteiger partial charge on any atom is 0.469 e. The number of hydrogen-bond acceptors (Lipinski definition) is 12. The molecule has 26 heteroatoms. The van der Waals surface area contributed by atoms with Gasteiger partial charge in [-0.15, -0.1) is 0 Å². The first-order valence-corrected chi connectivity index (χ1v) is 16.0. The van der Waals surface area contributed by atoms with E-state index in [1.165, 1.54) is 0 Å². The fraction of sp³-hybridized carbons (Fsp3) is 0.688. The highest BCUT2D eigenvalue weighted by atomic mass is 31.2. The van der Waals surface area contributed by atoms with E-state index in [1.54, 1.807) is 0 Å². The molecule has 1 rings (SSSR count). The normalized spacial score (nSPS) is 18.1. The lowest BCUT2D eigenvalue weighted by molar-refractivity contribution is -0.143. The molecule has 23 nitrogen and oxygen atoms in total. The zero-order chi connectivity index (χ0) is 32.5. The highest BCUT2D eigenvalue weighted by Crippen LogP contribution is 2.37. The topological polar surface area (TPSA) is 371 Å². The van der Waals surface area contributed by atoms with E-state index in [0.29, 0.717) is 0 Å². The van der Waals surface area contributed by atoms with E-state index in [0.717, 1.165) is 4.90 Å². The molecule has 4 amide bonds.